The van der Waals surface area contributed by atoms with Gasteiger partial charge in [-0.3, -0.25) is 10.2 Å². The molecular formula is C18H23N3O4S. The molecule has 2 rings (SSSR count). The molecule has 7 nitrogen and oxygen atoms in total. The summed E-state index contributed by atoms with van der Waals surface area (Å²) in [6.07, 6.45) is 2.58. The molecule has 0 aliphatic carbocycles. The molecule has 0 amide bonds. The van der Waals surface area contributed by atoms with Crippen LogP contribution < -0.4 is 14.9 Å². The number of methoxy groups -OCH3 is 1. The average molecular weight is 377 g/mol. The number of aryl methyl sites for hydroxylation is 1. The Labute approximate surface area is 157 Å². The lowest BCUT2D eigenvalue weighted by Crippen LogP contribution is -2.07. The van der Waals surface area contributed by atoms with E-state index in [-0.39, 0.29) is 5.97 Å². The van der Waals surface area contributed by atoms with Crippen molar-refractivity contribution in [2.75, 3.05) is 25.7 Å². The van der Waals surface area contributed by atoms with Gasteiger partial charge in [0.2, 0.25) is 5.13 Å². The molecule has 0 atom stereocenters. The number of hydrogen-bond donors (Lipinski definition) is 1. The van der Waals surface area contributed by atoms with Crippen LogP contribution in [0.1, 0.15) is 31.0 Å². The fourth-order valence-electron chi connectivity index (χ4n) is 2.09. The van der Waals surface area contributed by atoms with Crippen LogP contribution in [0.25, 0.3) is 0 Å². The first-order chi connectivity index (χ1) is 12.6. The standard InChI is InChI=1S/C18H23N3O4S/c1-4-24-17(22)6-5-9-25-16-10-14(7-8-15(16)23-3)11-19-21-18-20-13(2)12-26-18/h7-8,10-12H,4-6,9H2,1-3H3,(H,20,21). The third kappa shape index (κ3) is 6.36. The number of hydrazone groups is 1. The number of nitrogens with one attached hydrogen (secondary N) is 1. The second-order valence-corrected chi connectivity index (χ2v) is 6.19. The maximum Gasteiger partial charge on any atom is 0.305 e. The van der Waals surface area contributed by atoms with Crippen molar-refractivity contribution >= 4 is 28.7 Å². The summed E-state index contributed by atoms with van der Waals surface area (Å²) in [7, 11) is 1.58. The molecular weight excluding hydrogens is 354 g/mol. The second kappa shape index (κ2) is 10.4. The van der Waals surface area contributed by atoms with Gasteiger partial charge in [-0.05, 0) is 44.0 Å². The molecule has 0 saturated carbocycles. The smallest absolute Gasteiger partial charge is 0.305 e. The predicted octanol–water partition coefficient (Wildman–Crippen LogP) is 3.63. The first-order valence-electron chi connectivity index (χ1n) is 8.30. The maximum atomic E-state index is 11.3. The van der Waals surface area contributed by atoms with Gasteiger partial charge in [-0.2, -0.15) is 5.10 Å². The third-order valence-electron chi connectivity index (χ3n) is 3.27. The van der Waals surface area contributed by atoms with Gasteiger partial charge in [0.15, 0.2) is 11.5 Å². The Kier molecular flexibility index (Phi) is 7.88. The van der Waals surface area contributed by atoms with E-state index in [4.69, 9.17) is 14.2 Å². The van der Waals surface area contributed by atoms with E-state index < -0.39 is 0 Å². The van der Waals surface area contributed by atoms with Gasteiger partial charge in [0, 0.05) is 11.8 Å². The number of carbonyl (C=O) groups excluding carboxylic acids is 1. The minimum absolute atomic E-state index is 0.215. The molecule has 0 bridgehead atoms. The number of thiazole rings is 1. The van der Waals surface area contributed by atoms with Crippen molar-refractivity contribution < 1.29 is 19.0 Å². The van der Waals surface area contributed by atoms with E-state index in [1.54, 1.807) is 20.2 Å². The Morgan fingerprint density at radius 2 is 2.23 bits per heavy atom. The van der Waals surface area contributed by atoms with Crippen molar-refractivity contribution in [1.29, 1.82) is 0 Å². The Morgan fingerprint density at radius 3 is 2.92 bits per heavy atom. The molecule has 0 aliphatic rings. The number of nitrogens with zero attached hydrogens (tertiary/aromatic N) is 2. The Hall–Kier alpha value is -2.61. The molecule has 0 fully saturated rings. The summed E-state index contributed by atoms with van der Waals surface area (Å²) in [5.74, 6) is 1.01. The summed E-state index contributed by atoms with van der Waals surface area (Å²) in [6.45, 7) is 4.51. The molecule has 0 aliphatic heterocycles. The lowest BCUT2D eigenvalue weighted by molar-refractivity contribution is -0.143. The normalized spacial score (nSPS) is 10.7. The van der Waals surface area contributed by atoms with Crippen LogP contribution in [0.2, 0.25) is 0 Å². The molecule has 1 aromatic carbocycles. The zero-order chi connectivity index (χ0) is 18.8. The Morgan fingerprint density at radius 1 is 1.38 bits per heavy atom. The number of carbonyl (C=O) groups is 1. The van der Waals surface area contributed by atoms with Crippen LogP contribution in [-0.2, 0) is 9.53 Å². The summed E-state index contributed by atoms with van der Waals surface area (Å²) >= 11 is 1.49. The van der Waals surface area contributed by atoms with Gasteiger partial charge in [-0.25, -0.2) is 4.98 Å². The van der Waals surface area contributed by atoms with Crippen molar-refractivity contribution in [3.05, 3.63) is 34.8 Å². The van der Waals surface area contributed by atoms with Gasteiger partial charge in [0.05, 0.1) is 32.2 Å². The maximum absolute atomic E-state index is 11.3. The Balaban J connectivity index is 1.91. The van der Waals surface area contributed by atoms with E-state index in [1.165, 1.54) is 11.3 Å². The number of anilines is 1. The topological polar surface area (TPSA) is 82.0 Å². The largest absolute Gasteiger partial charge is 0.493 e. The highest BCUT2D eigenvalue weighted by molar-refractivity contribution is 7.13. The first-order valence-corrected chi connectivity index (χ1v) is 9.18. The van der Waals surface area contributed by atoms with Gasteiger partial charge in [0.25, 0.3) is 0 Å². The van der Waals surface area contributed by atoms with Crippen molar-refractivity contribution in [3.63, 3.8) is 0 Å². The van der Waals surface area contributed by atoms with Gasteiger partial charge in [0.1, 0.15) is 0 Å². The molecule has 26 heavy (non-hydrogen) atoms. The summed E-state index contributed by atoms with van der Waals surface area (Å²) in [4.78, 5) is 15.6. The molecule has 8 heteroatoms. The predicted molar refractivity (Wildman–Crippen MR) is 102 cm³/mol. The monoisotopic (exact) mass is 377 g/mol. The van der Waals surface area contributed by atoms with E-state index >= 15 is 0 Å². The summed E-state index contributed by atoms with van der Waals surface area (Å²) in [5.41, 5.74) is 4.70. The van der Waals surface area contributed by atoms with Gasteiger partial charge in [-0.1, -0.05) is 0 Å². The number of hydrogen-bond acceptors (Lipinski definition) is 8. The number of aromatic nitrogens is 1. The van der Waals surface area contributed by atoms with Gasteiger partial charge < -0.3 is 14.2 Å². The van der Waals surface area contributed by atoms with Crippen LogP contribution in [0.5, 0.6) is 11.5 Å². The van der Waals surface area contributed by atoms with Crippen molar-refractivity contribution in [1.82, 2.24) is 4.98 Å². The van der Waals surface area contributed by atoms with Crippen LogP contribution in [0.4, 0.5) is 5.13 Å². The molecule has 1 N–H and O–H groups in total. The minimum Gasteiger partial charge on any atom is -0.493 e. The Bertz CT molecular complexity index is 746. The van der Waals surface area contributed by atoms with Crippen LogP contribution in [0.15, 0.2) is 28.7 Å². The van der Waals surface area contributed by atoms with Gasteiger partial charge in [-0.15, -0.1) is 11.3 Å². The van der Waals surface area contributed by atoms with E-state index in [1.807, 2.05) is 30.5 Å². The summed E-state index contributed by atoms with van der Waals surface area (Å²) in [5, 5.41) is 6.87. The fraction of sp³-hybridized carbons (Fsp3) is 0.389. The zero-order valence-electron chi connectivity index (χ0n) is 15.2. The number of rotatable bonds is 10. The van der Waals surface area contributed by atoms with E-state index in [9.17, 15) is 4.79 Å². The van der Waals surface area contributed by atoms with Crippen LogP contribution >= 0.6 is 11.3 Å². The van der Waals surface area contributed by atoms with Crippen LogP contribution in [0, 0.1) is 6.92 Å². The minimum atomic E-state index is -0.215. The molecule has 0 radical (unpaired) electrons. The highest BCUT2D eigenvalue weighted by Gasteiger charge is 2.07. The molecule has 140 valence electrons. The molecule has 0 unspecified atom stereocenters. The van der Waals surface area contributed by atoms with Gasteiger partial charge >= 0.3 is 5.97 Å². The third-order valence-corrected chi connectivity index (χ3v) is 4.13. The lowest BCUT2D eigenvalue weighted by Gasteiger charge is -2.11. The lowest BCUT2D eigenvalue weighted by atomic mass is 10.2. The first kappa shape index (κ1) is 19.7. The zero-order valence-corrected chi connectivity index (χ0v) is 16.0. The fourth-order valence-corrected chi connectivity index (χ4v) is 2.72. The van der Waals surface area contributed by atoms with E-state index in [0.717, 1.165) is 16.4 Å². The van der Waals surface area contributed by atoms with Crippen LogP contribution in [-0.4, -0.2) is 37.5 Å². The number of ether oxygens (including phenoxy) is 3. The second-order valence-electron chi connectivity index (χ2n) is 5.33. The number of esters is 1. The number of benzene rings is 1. The molecule has 2 aromatic rings. The molecule has 0 saturated heterocycles. The summed E-state index contributed by atoms with van der Waals surface area (Å²) in [6, 6.07) is 5.53. The van der Waals surface area contributed by atoms with E-state index in [2.05, 4.69) is 15.5 Å². The van der Waals surface area contributed by atoms with Crippen molar-refractivity contribution in [3.8, 4) is 11.5 Å². The summed E-state index contributed by atoms with van der Waals surface area (Å²) < 4.78 is 15.9. The highest BCUT2D eigenvalue weighted by atomic mass is 32.1. The highest BCUT2D eigenvalue weighted by Crippen LogP contribution is 2.27. The molecule has 1 aromatic heterocycles. The van der Waals surface area contributed by atoms with Crippen LogP contribution in [0.3, 0.4) is 0 Å². The van der Waals surface area contributed by atoms with Crippen molar-refractivity contribution in [2.45, 2.75) is 26.7 Å². The van der Waals surface area contributed by atoms with E-state index in [0.29, 0.717) is 37.6 Å². The molecule has 1 heterocycles. The molecule has 0 spiro atoms. The quantitative estimate of drug-likeness (QED) is 0.295. The van der Waals surface area contributed by atoms with Crippen molar-refractivity contribution in [2.24, 2.45) is 5.10 Å². The average Bonchev–Trinajstić information content (AvgIpc) is 3.04. The SMILES string of the molecule is CCOC(=O)CCCOc1cc(C=NNc2nc(C)cs2)ccc1OC.